The first-order chi connectivity index (χ1) is 14.5. The Bertz CT molecular complexity index is 990. The number of aromatic nitrogens is 3. The Balaban J connectivity index is 1.42. The van der Waals surface area contributed by atoms with Crippen molar-refractivity contribution < 1.29 is 14.3 Å². The molecule has 0 aliphatic carbocycles. The number of H-pyrrole nitrogens is 1. The molecule has 1 fully saturated rings. The van der Waals surface area contributed by atoms with Gasteiger partial charge in [0.25, 0.3) is 5.91 Å². The number of thiazole rings is 1. The Morgan fingerprint density at radius 3 is 2.73 bits per heavy atom. The van der Waals surface area contributed by atoms with Gasteiger partial charge in [0.1, 0.15) is 5.75 Å². The van der Waals surface area contributed by atoms with Crippen molar-refractivity contribution in [2.45, 2.75) is 32.6 Å². The molecule has 30 heavy (non-hydrogen) atoms. The Labute approximate surface area is 179 Å². The monoisotopic (exact) mass is 427 g/mol. The van der Waals surface area contributed by atoms with Crippen molar-refractivity contribution in [3.05, 3.63) is 47.1 Å². The van der Waals surface area contributed by atoms with Crippen LogP contribution in [-0.2, 0) is 11.3 Å². The molecule has 1 amide bonds. The Morgan fingerprint density at radius 2 is 2.03 bits per heavy atom. The molecule has 2 unspecified atom stereocenters. The maximum absolute atomic E-state index is 12.8. The van der Waals surface area contributed by atoms with E-state index in [9.17, 15) is 4.79 Å². The average molecular weight is 428 g/mol. The van der Waals surface area contributed by atoms with Gasteiger partial charge in [0.2, 0.25) is 0 Å². The van der Waals surface area contributed by atoms with Crippen molar-refractivity contribution in [1.82, 2.24) is 20.1 Å². The number of hydrogen-bond donors (Lipinski definition) is 2. The van der Waals surface area contributed by atoms with Crippen LogP contribution in [0.2, 0.25) is 0 Å². The lowest BCUT2D eigenvalue weighted by molar-refractivity contribution is -0.0707. The van der Waals surface area contributed by atoms with Gasteiger partial charge in [0.05, 0.1) is 42.5 Å². The van der Waals surface area contributed by atoms with Crippen molar-refractivity contribution in [2.75, 3.05) is 25.5 Å². The fourth-order valence-corrected chi connectivity index (χ4v) is 4.38. The van der Waals surface area contributed by atoms with E-state index < -0.39 is 0 Å². The van der Waals surface area contributed by atoms with Gasteiger partial charge < -0.3 is 9.47 Å². The van der Waals surface area contributed by atoms with Crippen LogP contribution in [0.15, 0.2) is 35.8 Å². The molecular weight excluding hydrogens is 402 g/mol. The number of carbonyl (C=O) groups is 1. The number of benzene rings is 1. The minimum Gasteiger partial charge on any atom is -0.497 e. The van der Waals surface area contributed by atoms with Gasteiger partial charge in [-0.05, 0) is 38.1 Å². The quantitative estimate of drug-likeness (QED) is 0.626. The highest BCUT2D eigenvalue weighted by Crippen LogP contribution is 2.25. The molecule has 2 atom stereocenters. The van der Waals surface area contributed by atoms with E-state index in [-0.39, 0.29) is 18.1 Å². The van der Waals surface area contributed by atoms with E-state index in [1.165, 1.54) is 17.5 Å². The lowest BCUT2D eigenvalue weighted by atomic mass is 10.1. The first kappa shape index (κ1) is 20.5. The van der Waals surface area contributed by atoms with Gasteiger partial charge in [-0.15, -0.1) is 11.3 Å². The highest BCUT2D eigenvalue weighted by atomic mass is 32.1. The molecule has 1 aliphatic rings. The molecule has 158 valence electrons. The van der Waals surface area contributed by atoms with Crippen LogP contribution in [-0.4, -0.2) is 58.4 Å². The third kappa shape index (κ3) is 4.69. The van der Waals surface area contributed by atoms with E-state index in [1.54, 1.807) is 7.11 Å². The number of amides is 1. The molecule has 3 aromatic rings. The summed E-state index contributed by atoms with van der Waals surface area (Å²) < 4.78 is 11.0. The van der Waals surface area contributed by atoms with Gasteiger partial charge in [-0.1, -0.05) is 0 Å². The molecule has 2 aromatic heterocycles. The number of nitrogens with zero attached hydrogens (tertiary/aromatic N) is 3. The molecule has 4 rings (SSSR count). The van der Waals surface area contributed by atoms with Crippen LogP contribution >= 0.6 is 11.3 Å². The van der Waals surface area contributed by atoms with Gasteiger partial charge >= 0.3 is 0 Å². The van der Waals surface area contributed by atoms with Crippen LogP contribution in [0.1, 0.15) is 29.9 Å². The van der Waals surface area contributed by atoms with Crippen LogP contribution < -0.4 is 10.1 Å². The molecular formula is C21H25N5O3S. The van der Waals surface area contributed by atoms with E-state index in [0.29, 0.717) is 16.4 Å². The van der Waals surface area contributed by atoms with Crippen molar-refractivity contribution in [3.8, 4) is 17.0 Å². The minimum absolute atomic E-state index is 0.212. The summed E-state index contributed by atoms with van der Waals surface area (Å²) in [6.07, 6.45) is 1.95. The number of anilines is 1. The van der Waals surface area contributed by atoms with Crippen molar-refractivity contribution in [3.63, 3.8) is 0 Å². The van der Waals surface area contributed by atoms with Gasteiger partial charge in [-0.2, -0.15) is 5.10 Å². The maximum atomic E-state index is 12.8. The van der Waals surface area contributed by atoms with Gasteiger partial charge in [-0.25, -0.2) is 4.98 Å². The topological polar surface area (TPSA) is 92.4 Å². The van der Waals surface area contributed by atoms with Crippen LogP contribution in [0.4, 0.5) is 5.13 Å². The molecule has 1 aromatic carbocycles. The summed E-state index contributed by atoms with van der Waals surface area (Å²) in [6.45, 7) is 6.67. The second-order valence-corrected chi connectivity index (χ2v) is 8.29. The highest BCUT2D eigenvalue weighted by Gasteiger charge is 2.23. The molecule has 0 bridgehead atoms. The van der Waals surface area contributed by atoms with Crippen LogP contribution in [0.5, 0.6) is 5.75 Å². The van der Waals surface area contributed by atoms with Gasteiger partial charge in [0.15, 0.2) is 5.13 Å². The van der Waals surface area contributed by atoms with Gasteiger partial charge in [0, 0.05) is 30.6 Å². The Hall–Kier alpha value is -2.75. The van der Waals surface area contributed by atoms with Crippen LogP contribution in [0, 0.1) is 0 Å². The molecule has 0 spiro atoms. The molecule has 0 radical (unpaired) electrons. The standard InChI is InChI=1S/C21H25N5O3S/c1-13-9-26(10-14(2)29-13)11-16-12-30-21(23-16)24-20(27)18-8-22-25-19(18)15-4-6-17(28-3)7-5-15/h4-8,12-14H,9-11H2,1-3H3,(H,22,25)(H,23,24,27). The smallest absolute Gasteiger partial charge is 0.261 e. The van der Waals surface area contributed by atoms with E-state index >= 15 is 0 Å². The summed E-state index contributed by atoms with van der Waals surface area (Å²) in [6, 6.07) is 7.46. The third-order valence-electron chi connectivity index (χ3n) is 4.92. The fourth-order valence-electron chi connectivity index (χ4n) is 3.68. The number of aromatic amines is 1. The SMILES string of the molecule is COc1ccc(-c2[nH]ncc2C(=O)Nc2nc(CN3CC(C)OC(C)C3)cs2)cc1. The lowest BCUT2D eigenvalue weighted by Crippen LogP contribution is -2.44. The first-order valence-electron chi connectivity index (χ1n) is 9.83. The predicted molar refractivity (Wildman–Crippen MR) is 116 cm³/mol. The summed E-state index contributed by atoms with van der Waals surface area (Å²) in [5, 5.41) is 12.4. The summed E-state index contributed by atoms with van der Waals surface area (Å²) in [4.78, 5) is 19.7. The lowest BCUT2D eigenvalue weighted by Gasteiger charge is -2.34. The summed E-state index contributed by atoms with van der Waals surface area (Å²) in [7, 11) is 1.62. The molecule has 1 aliphatic heterocycles. The Morgan fingerprint density at radius 1 is 1.30 bits per heavy atom. The second kappa shape index (κ2) is 8.95. The van der Waals surface area contributed by atoms with Crippen molar-refractivity contribution in [1.29, 1.82) is 0 Å². The zero-order valence-corrected chi connectivity index (χ0v) is 18.0. The summed E-state index contributed by atoms with van der Waals surface area (Å²) >= 11 is 1.42. The highest BCUT2D eigenvalue weighted by molar-refractivity contribution is 7.14. The summed E-state index contributed by atoms with van der Waals surface area (Å²) in [5.74, 6) is 0.507. The molecule has 8 nitrogen and oxygen atoms in total. The number of carbonyl (C=O) groups excluding carboxylic acids is 1. The number of hydrogen-bond acceptors (Lipinski definition) is 7. The van der Waals surface area contributed by atoms with E-state index in [1.807, 2.05) is 29.6 Å². The minimum atomic E-state index is -0.246. The normalized spacial score (nSPS) is 19.6. The number of nitrogens with one attached hydrogen (secondary N) is 2. The number of rotatable bonds is 6. The fraction of sp³-hybridized carbons (Fsp3) is 0.381. The van der Waals surface area contributed by atoms with Crippen LogP contribution in [0.25, 0.3) is 11.3 Å². The molecule has 2 N–H and O–H groups in total. The maximum Gasteiger partial charge on any atom is 0.261 e. The molecule has 1 saturated heterocycles. The van der Waals surface area contributed by atoms with E-state index in [0.717, 1.165) is 36.6 Å². The van der Waals surface area contributed by atoms with E-state index in [4.69, 9.17) is 9.47 Å². The third-order valence-corrected chi connectivity index (χ3v) is 5.72. The molecule has 9 heteroatoms. The second-order valence-electron chi connectivity index (χ2n) is 7.44. The predicted octanol–water partition coefficient (Wildman–Crippen LogP) is 3.40. The van der Waals surface area contributed by atoms with Crippen LogP contribution in [0.3, 0.4) is 0 Å². The zero-order chi connectivity index (χ0) is 21.1. The van der Waals surface area contributed by atoms with Crippen molar-refractivity contribution in [2.24, 2.45) is 0 Å². The largest absolute Gasteiger partial charge is 0.497 e. The number of methoxy groups -OCH3 is 1. The van der Waals surface area contributed by atoms with E-state index in [2.05, 4.69) is 39.2 Å². The summed E-state index contributed by atoms with van der Waals surface area (Å²) in [5.41, 5.74) is 2.92. The number of morpholine rings is 1. The van der Waals surface area contributed by atoms with Gasteiger partial charge in [-0.3, -0.25) is 20.1 Å². The Kier molecular flexibility index (Phi) is 6.12. The number of ether oxygens (including phenoxy) is 2. The average Bonchev–Trinajstić information content (AvgIpc) is 3.37. The first-order valence-corrected chi connectivity index (χ1v) is 10.7. The van der Waals surface area contributed by atoms with Crippen molar-refractivity contribution >= 4 is 22.4 Å². The molecule has 0 saturated carbocycles. The zero-order valence-electron chi connectivity index (χ0n) is 17.2. The molecule has 3 heterocycles.